The molecule has 0 heteroatoms. The molecule has 0 amide bonds. The minimum absolute atomic E-state index is 0.340. The molecule has 0 aromatic heterocycles. The molecule has 0 aliphatic heterocycles. The summed E-state index contributed by atoms with van der Waals surface area (Å²) in [4.78, 5) is 0. The third-order valence-corrected chi connectivity index (χ3v) is 5.44. The third kappa shape index (κ3) is 2.43. The third-order valence-electron chi connectivity index (χ3n) is 5.44. The zero-order valence-electron chi connectivity index (χ0n) is 14.8. The molecule has 0 fully saturated rings. The van der Waals surface area contributed by atoms with Gasteiger partial charge in [0.1, 0.15) is 0 Å². The van der Waals surface area contributed by atoms with Crippen molar-refractivity contribution in [3.63, 3.8) is 0 Å². The molecule has 114 valence electrons. The Hall–Kier alpha value is -0.780. The second kappa shape index (κ2) is 7.29. The van der Waals surface area contributed by atoms with Crippen LogP contribution in [0.4, 0.5) is 0 Å². The molecular formula is C20H34. The van der Waals surface area contributed by atoms with Gasteiger partial charge in [-0.2, -0.15) is 0 Å². The van der Waals surface area contributed by atoms with E-state index in [0.29, 0.717) is 5.41 Å². The second-order valence-corrected chi connectivity index (χ2v) is 5.82. The van der Waals surface area contributed by atoms with Crippen LogP contribution in [0.2, 0.25) is 0 Å². The van der Waals surface area contributed by atoms with Crippen molar-refractivity contribution in [1.82, 2.24) is 0 Å². The van der Waals surface area contributed by atoms with E-state index in [2.05, 4.69) is 54.5 Å². The van der Waals surface area contributed by atoms with E-state index in [1.807, 2.05) is 0 Å². The highest BCUT2D eigenvalue weighted by Gasteiger charge is 2.40. The average Bonchev–Trinajstić information content (AvgIpc) is 2.51. The van der Waals surface area contributed by atoms with Gasteiger partial charge in [-0.15, -0.1) is 0 Å². The average molecular weight is 274 g/mol. The molecule has 0 N–H and O–H groups in total. The van der Waals surface area contributed by atoms with Crippen molar-refractivity contribution in [2.45, 2.75) is 87.0 Å². The topological polar surface area (TPSA) is 0 Å². The molecule has 0 bridgehead atoms. The van der Waals surface area contributed by atoms with Gasteiger partial charge < -0.3 is 0 Å². The van der Waals surface area contributed by atoms with Crippen LogP contribution in [0.1, 0.15) is 87.0 Å². The fraction of sp³-hybridized carbons (Fsp3) is 0.700. The van der Waals surface area contributed by atoms with Crippen molar-refractivity contribution in [2.75, 3.05) is 0 Å². The molecular weight excluding hydrogens is 240 g/mol. The van der Waals surface area contributed by atoms with Gasteiger partial charge in [0.25, 0.3) is 0 Å². The van der Waals surface area contributed by atoms with Crippen LogP contribution < -0.4 is 0 Å². The first-order chi connectivity index (χ1) is 9.61. The van der Waals surface area contributed by atoms with Gasteiger partial charge in [0.05, 0.1) is 0 Å². The lowest BCUT2D eigenvalue weighted by Crippen LogP contribution is -2.31. The predicted molar refractivity (Wildman–Crippen MR) is 92.0 cm³/mol. The van der Waals surface area contributed by atoms with E-state index in [9.17, 15) is 0 Å². The summed E-state index contributed by atoms with van der Waals surface area (Å²) >= 11 is 0. The van der Waals surface area contributed by atoms with Crippen LogP contribution in [0.5, 0.6) is 0 Å². The Morgan fingerprint density at radius 1 is 0.700 bits per heavy atom. The van der Waals surface area contributed by atoms with Gasteiger partial charge in [-0.1, -0.05) is 58.8 Å². The SMILES string of the molecule is CC=C1C(CC)=C(CC)C(CC)(CC)C(CC)=C1CC. The molecule has 20 heavy (non-hydrogen) atoms. The van der Waals surface area contributed by atoms with E-state index < -0.39 is 0 Å². The van der Waals surface area contributed by atoms with Crippen molar-refractivity contribution in [3.05, 3.63) is 33.9 Å². The van der Waals surface area contributed by atoms with E-state index >= 15 is 0 Å². The van der Waals surface area contributed by atoms with Gasteiger partial charge in [-0.25, -0.2) is 0 Å². The smallest absolute Gasteiger partial charge is 0.0127 e. The molecule has 1 aliphatic carbocycles. The van der Waals surface area contributed by atoms with Gasteiger partial charge in [0, 0.05) is 5.41 Å². The number of allylic oxidation sites excluding steroid dienone is 6. The van der Waals surface area contributed by atoms with E-state index in [-0.39, 0.29) is 0 Å². The molecule has 0 nitrogen and oxygen atoms in total. The monoisotopic (exact) mass is 274 g/mol. The van der Waals surface area contributed by atoms with Crippen molar-refractivity contribution in [1.29, 1.82) is 0 Å². The standard InChI is InChI=1S/C20H34/c1-8-15-16(9-2)18(11-4)20(13-6,14-7)19(12-5)17(15)10-3/h8H,9-14H2,1-7H3. The lowest BCUT2D eigenvalue weighted by atomic mass is 9.60. The molecule has 0 aromatic carbocycles. The Balaban J connectivity index is 3.73. The lowest BCUT2D eigenvalue weighted by molar-refractivity contribution is 0.364. The molecule has 1 aliphatic rings. The summed E-state index contributed by atoms with van der Waals surface area (Å²) in [5.74, 6) is 0. The van der Waals surface area contributed by atoms with E-state index in [1.165, 1.54) is 38.5 Å². The van der Waals surface area contributed by atoms with Gasteiger partial charge in [-0.05, 0) is 62.2 Å². The van der Waals surface area contributed by atoms with Crippen LogP contribution in [0.15, 0.2) is 33.9 Å². The summed E-state index contributed by atoms with van der Waals surface area (Å²) in [5.41, 5.74) is 8.65. The molecule has 0 heterocycles. The normalized spacial score (nSPS) is 18.9. The number of hydrogen-bond donors (Lipinski definition) is 0. The van der Waals surface area contributed by atoms with Crippen molar-refractivity contribution in [2.24, 2.45) is 5.41 Å². The molecule has 0 saturated heterocycles. The minimum atomic E-state index is 0.340. The molecule has 0 saturated carbocycles. The molecule has 0 atom stereocenters. The van der Waals surface area contributed by atoms with Gasteiger partial charge in [-0.3, -0.25) is 0 Å². The van der Waals surface area contributed by atoms with Gasteiger partial charge in [0.2, 0.25) is 0 Å². The Kier molecular flexibility index (Phi) is 6.30. The molecule has 0 radical (unpaired) electrons. The summed E-state index contributed by atoms with van der Waals surface area (Å²) in [7, 11) is 0. The first-order valence-electron chi connectivity index (χ1n) is 8.73. The highest BCUT2D eigenvalue weighted by atomic mass is 14.4. The Bertz CT molecular complexity index is 391. The first kappa shape index (κ1) is 17.3. The van der Waals surface area contributed by atoms with E-state index in [4.69, 9.17) is 0 Å². The van der Waals surface area contributed by atoms with Crippen LogP contribution in [-0.2, 0) is 0 Å². The van der Waals surface area contributed by atoms with Gasteiger partial charge in [0.15, 0.2) is 0 Å². The fourth-order valence-corrected chi connectivity index (χ4v) is 4.63. The molecule has 1 rings (SSSR count). The number of hydrogen-bond acceptors (Lipinski definition) is 0. The first-order valence-corrected chi connectivity index (χ1v) is 8.73. The second-order valence-electron chi connectivity index (χ2n) is 5.82. The van der Waals surface area contributed by atoms with Crippen molar-refractivity contribution < 1.29 is 0 Å². The Morgan fingerprint density at radius 2 is 1.10 bits per heavy atom. The van der Waals surface area contributed by atoms with Crippen LogP contribution in [0.25, 0.3) is 0 Å². The highest BCUT2D eigenvalue weighted by Crippen LogP contribution is 2.54. The van der Waals surface area contributed by atoms with Crippen LogP contribution >= 0.6 is 0 Å². The maximum Gasteiger partial charge on any atom is 0.0127 e. The summed E-state index contributed by atoms with van der Waals surface area (Å²) in [6, 6.07) is 0. The van der Waals surface area contributed by atoms with Crippen molar-refractivity contribution >= 4 is 0 Å². The molecule has 0 spiro atoms. The largest absolute Gasteiger partial charge is 0.0798 e. The van der Waals surface area contributed by atoms with Crippen LogP contribution in [-0.4, -0.2) is 0 Å². The lowest BCUT2D eigenvalue weighted by Gasteiger charge is -2.44. The van der Waals surface area contributed by atoms with E-state index in [1.54, 1.807) is 27.9 Å². The van der Waals surface area contributed by atoms with Gasteiger partial charge >= 0.3 is 0 Å². The summed E-state index contributed by atoms with van der Waals surface area (Å²) in [6.45, 7) is 16.3. The van der Waals surface area contributed by atoms with Crippen LogP contribution in [0, 0.1) is 5.41 Å². The summed E-state index contributed by atoms with van der Waals surface area (Å²) < 4.78 is 0. The molecule has 0 aromatic rings. The quantitative estimate of drug-likeness (QED) is 0.490. The zero-order valence-corrected chi connectivity index (χ0v) is 14.8. The predicted octanol–water partition coefficient (Wildman–Crippen LogP) is 6.99. The molecule has 0 unspecified atom stereocenters. The fourth-order valence-electron chi connectivity index (χ4n) is 4.63. The Labute approximate surface area is 127 Å². The summed E-state index contributed by atoms with van der Waals surface area (Å²) in [6.07, 6.45) is 9.60. The summed E-state index contributed by atoms with van der Waals surface area (Å²) in [5, 5.41) is 0. The van der Waals surface area contributed by atoms with Crippen LogP contribution in [0.3, 0.4) is 0 Å². The maximum absolute atomic E-state index is 2.38. The number of rotatable bonds is 6. The Morgan fingerprint density at radius 3 is 1.30 bits per heavy atom. The van der Waals surface area contributed by atoms with Crippen molar-refractivity contribution in [3.8, 4) is 0 Å². The minimum Gasteiger partial charge on any atom is -0.0798 e. The highest BCUT2D eigenvalue weighted by molar-refractivity contribution is 5.59. The maximum atomic E-state index is 2.38. The zero-order chi connectivity index (χ0) is 15.3. The van der Waals surface area contributed by atoms with E-state index in [0.717, 1.165) is 0 Å².